The lowest BCUT2D eigenvalue weighted by Gasteiger charge is -2.28. The van der Waals surface area contributed by atoms with Crippen molar-refractivity contribution in [3.05, 3.63) is 11.7 Å². The Bertz CT molecular complexity index is 356. The lowest BCUT2D eigenvalue weighted by Crippen LogP contribution is -2.39. The van der Waals surface area contributed by atoms with Gasteiger partial charge in [-0.3, -0.25) is 0 Å². The van der Waals surface area contributed by atoms with Gasteiger partial charge in [0.1, 0.15) is 6.61 Å². The van der Waals surface area contributed by atoms with E-state index in [-0.39, 0.29) is 5.92 Å². The Morgan fingerprint density at radius 2 is 2.39 bits per heavy atom. The summed E-state index contributed by atoms with van der Waals surface area (Å²) in [6.07, 6.45) is 1.95. The molecule has 0 radical (unpaired) electrons. The SMILES string of the molecule is CCCOCc1noc(C2COCCC2NC)n1. The van der Waals surface area contributed by atoms with Crippen molar-refractivity contribution in [2.45, 2.75) is 38.3 Å². The lowest BCUT2D eigenvalue weighted by atomic mass is 9.96. The second-order valence-electron chi connectivity index (χ2n) is 4.47. The number of hydrogen-bond acceptors (Lipinski definition) is 6. The summed E-state index contributed by atoms with van der Waals surface area (Å²) in [5.41, 5.74) is 0. The Labute approximate surface area is 107 Å². The molecule has 1 saturated heterocycles. The molecule has 1 N–H and O–H groups in total. The van der Waals surface area contributed by atoms with E-state index in [1.54, 1.807) is 0 Å². The normalized spacial score (nSPS) is 24.3. The van der Waals surface area contributed by atoms with Crippen LogP contribution in [-0.4, -0.2) is 43.1 Å². The first-order valence-electron chi connectivity index (χ1n) is 6.50. The molecule has 6 nitrogen and oxygen atoms in total. The van der Waals surface area contributed by atoms with Crippen LogP contribution in [0.1, 0.15) is 37.4 Å². The van der Waals surface area contributed by atoms with Crippen molar-refractivity contribution >= 4 is 0 Å². The van der Waals surface area contributed by atoms with Crippen LogP contribution < -0.4 is 5.32 Å². The fraction of sp³-hybridized carbons (Fsp3) is 0.833. The second kappa shape index (κ2) is 6.82. The van der Waals surface area contributed by atoms with E-state index in [4.69, 9.17) is 14.0 Å². The summed E-state index contributed by atoms with van der Waals surface area (Å²) in [5.74, 6) is 1.39. The fourth-order valence-corrected chi connectivity index (χ4v) is 2.11. The molecule has 2 heterocycles. The predicted octanol–water partition coefficient (Wildman–Crippen LogP) is 1.09. The van der Waals surface area contributed by atoms with Crippen LogP contribution in [0.5, 0.6) is 0 Å². The van der Waals surface area contributed by atoms with Gasteiger partial charge in [-0.25, -0.2) is 0 Å². The standard InChI is InChI=1S/C12H21N3O3/c1-3-5-16-8-11-14-12(18-15-11)9-7-17-6-4-10(9)13-2/h9-10,13H,3-8H2,1-2H3. The summed E-state index contributed by atoms with van der Waals surface area (Å²) in [5, 5.41) is 7.21. The first kappa shape index (κ1) is 13.5. The fourth-order valence-electron chi connectivity index (χ4n) is 2.11. The smallest absolute Gasteiger partial charge is 0.233 e. The van der Waals surface area contributed by atoms with Crippen LogP contribution in [0.3, 0.4) is 0 Å². The molecule has 1 fully saturated rings. The van der Waals surface area contributed by atoms with Gasteiger partial charge in [-0.05, 0) is 19.9 Å². The Morgan fingerprint density at radius 3 is 3.17 bits per heavy atom. The van der Waals surface area contributed by atoms with Crippen molar-refractivity contribution in [2.24, 2.45) is 0 Å². The van der Waals surface area contributed by atoms with Crippen molar-refractivity contribution in [1.29, 1.82) is 0 Å². The van der Waals surface area contributed by atoms with Crippen molar-refractivity contribution < 1.29 is 14.0 Å². The molecule has 0 spiro atoms. The molecule has 1 aliphatic heterocycles. The molecule has 6 heteroatoms. The minimum absolute atomic E-state index is 0.135. The topological polar surface area (TPSA) is 69.4 Å². The molecule has 18 heavy (non-hydrogen) atoms. The van der Waals surface area contributed by atoms with E-state index in [1.807, 2.05) is 7.05 Å². The van der Waals surface area contributed by atoms with Gasteiger partial charge in [0, 0.05) is 19.3 Å². The van der Waals surface area contributed by atoms with Crippen molar-refractivity contribution in [3.8, 4) is 0 Å². The van der Waals surface area contributed by atoms with Gasteiger partial charge in [0.15, 0.2) is 5.82 Å². The molecule has 0 saturated carbocycles. The average Bonchev–Trinajstić information content (AvgIpc) is 2.88. The highest BCUT2D eigenvalue weighted by Gasteiger charge is 2.30. The van der Waals surface area contributed by atoms with Crippen LogP contribution in [0, 0.1) is 0 Å². The zero-order chi connectivity index (χ0) is 12.8. The minimum Gasteiger partial charge on any atom is -0.381 e. The van der Waals surface area contributed by atoms with Gasteiger partial charge in [-0.15, -0.1) is 0 Å². The van der Waals surface area contributed by atoms with E-state index in [0.29, 0.717) is 31.0 Å². The van der Waals surface area contributed by atoms with Crippen LogP contribution >= 0.6 is 0 Å². The molecule has 0 amide bonds. The van der Waals surface area contributed by atoms with Crippen LogP contribution in [0.2, 0.25) is 0 Å². The monoisotopic (exact) mass is 255 g/mol. The number of nitrogens with zero attached hydrogens (tertiary/aromatic N) is 2. The minimum atomic E-state index is 0.135. The summed E-state index contributed by atoms with van der Waals surface area (Å²) < 4.78 is 16.2. The van der Waals surface area contributed by atoms with Crippen LogP contribution in [0.25, 0.3) is 0 Å². The van der Waals surface area contributed by atoms with E-state index in [0.717, 1.165) is 26.1 Å². The molecule has 1 aromatic rings. The van der Waals surface area contributed by atoms with E-state index < -0.39 is 0 Å². The second-order valence-corrected chi connectivity index (χ2v) is 4.47. The third-order valence-electron chi connectivity index (χ3n) is 3.11. The summed E-state index contributed by atoms with van der Waals surface area (Å²) in [6.45, 7) is 4.61. The van der Waals surface area contributed by atoms with E-state index in [9.17, 15) is 0 Å². The average molecular weight is 255 g/mol. The first-order chi connectivity index (χ1) is 8.85. The predicted molar refractivity (Wildman–Crippen MR) is 65.3 cm³/mol. The number of ether oxygens (including phenoxy) is 2. The lowest BCUT2D eigenvalue weighted by molar-refractivity contribution is 0.0516. The quantitative estimate of drug-likeness (QED) is 0.767. The van der Waals surface area contributed by atoms with Crippen LogP contribution in [-0.2, 0) is 16.1 Å². The maximum atomic E-state index is 5.48. The number of hydrogen-bond donors (Lipinski definition) is 1. The Hall–Kier alpha value is -0.980. The molecule has 2 rings (SSSR count). The number of rotatable bonds is 6. The molecular formula is C12H21N3O3. The van der Waals surface area contributed by atoms with Gasteiger partial charge in [-0.2, -0.15) is 4.98 Å². The van der Waals surface area contributed by atoms with Crippen LogP contribution in [0.15, 0.2) is 4.52 Å². The molecule has 2 atom stereocenters. The van der Waals surface area contributed by atoms with Gasteiger partial charge in [0.2, 0.25) is 5.89 Å². The highest BCUT2D eigenvalue weighted by molar-refractivity contribution is 5.00. The maximum absolute atomic E-state index is 5.48. The third-order valence-corrected chi connectivity index (χ3v) is 3.11. The molecule has 102 valence electrons. The van der Waals surface area contributed by atoms with Gasteiger partial charge in [0.25, 0.3) is 0 Å². The molecular weight excluding hydrogens is 234 g/mol. The summed E-state index contributed by atoms with van der Waals surface area (Å²) in [7, 11) is 1.95. The maximum Gasteiger partial charge on any atom is 0.233 e. The molecule has 0 aromatic carbocycles. The zero-order valence-corrected chi connectivity index (χ0v) is 11.0. The molecule has 0 aliphatic carbocycles. The van der Waals surface area contributed by atoms with Crippen molar-refractivity contribution in [3.63, 3.8) is 0 Å². The molecule has 0 bridgehead atoms. The van der Waals surface area contributed by atoms with Crippen molar-refractivity contribution in [1.82, 2.24) is 15.5 Å². The number of aromatic nitrogens is 2. The van der Waals surface area contributed by atoms with Gasteiger partial charge in [0.05, 0.1) is 12.5 Å². The Kier molecular flexibility index (Phi) is 5.10. The Morgan fingerprint density at radius 1 is 1.50 bits per heavy atom. The largest absolute Gasteiger partial charge is 0.381 e. The number of nitrogens with one attached hydrogen (secondary N) is 1. The van der Waals surface area contributed by atoms with E-state index >= 15 is 0 Å². The highest BCUT2D eigenvalue weighted by Crippen LogP contribution is 2.24. The molecule has 1 aliphatic rings. The summed E-state index contributed by atoms with van der Waals surface area (Å²) in [4.78, 5) is 4.38. The zero-order valence-electron chi connectivity index (χ0n) is 11.0. The highest BCUT2D eigenvalue weighted by atomic mass is 16.5. The Balaban J connectivity index is 1.95. The third kappa shape index (κ3) is 3.28. The van der Waals surface area contributed by atoms with E-state index in [2.05, 4.69) is 22.4 Å². The molecule has 1 aromatic heterocycles. The van der Waals surface area contributed by atoms with Gasteiger partial charge < -0.3 is 19.3 Å². The summed E-state index contributed by atoms with van der Waals surface area (Å²) >= 11 is 0. The van der Waals surface area contributed by atoms with E-state index in [1.165, 1.54) is 0 Å². The van der Waals surface area contributed by atoms with Crippen LogP contribution in [0.4, 0.5) is 0 Å². The first-order valence-corrected chi connectivity index (χ1v) is 6.50. The summed E-state index contributed by atoms with van der Waals surface area (Å²) in [6, 6.07) is 0.337. The molecule has 2 unspecified atom stereocenters. The van der Waals surface area contributed by atoms with Crippen molar-refractivity contribution in [2.75, 3.05) is 26.9 Å². The van der Waals surface area contributed by atoms with Gasteiger partial charge in [-0.1, -0.05) is 12.1 Å². The van der Waals surface area contributed by atoms with Gasteiger partial charge >= 0.3 is 0 Å². The number of likely N-dealkylation sites (N-methyl/N-ethyl adjacent to an activating group) is 1.